The lowest BCUT2D eigenvalue weighted by Crippen LogP contribution is -2.07. The van der Waals surface area contributed by atoms with E-state index in [-0.39, 0.29) is 17.7 Å². The average molecular weight is 300 g/mol. The minimum atomic E-state index is -1.54. The highest BCUT2D eigenvalue weighted by Gasteiger charge is 2.19. The van der Waals surface area contributed by atoms with Crippen molar-refractivity contribution in [1.82, 2.24) is 9.97 Å². The van der Waals surface area contributed by atoms with Crippen LogP contribution < -0.4 is 11.1 Å². The van der Waals surface area contributed by atoms with Gasteiger partial charge in [-0.05, 0) is 6.42 Å². The smallest absolute Gasteiger partial charge is 0.185 e. The summed E-state index contributed by atoms with van der Waals surface area (Å²) in [6.07, 6.45) is 1.24. The summed E-state index contributed by atoms with van der Waals surface area (Å²) >= 11 is 0. The highest BCUT2D eigenvalue weighted by atomic mass is 19.2. The molecule has 2 aromatic rings. The molecule has 0 amide bonds. The van der Waals surface area contributed by atoms with Gasteiger partial charge >= 0.3 is 0 Å². The molecule has 0 saturated heterocycles. The molecule has 0 spiro atoms. The van der Waals surface area contributed by atoms with Gasteiger partial charge in [-0.25, -0.2) is 27.5 Å². The second-order valence-electron chi connectivity index (χ2n) is 4.31. The number of nitrogens with two attached hydrogens (primary N) is 1. The van der Waals surface area contributed by atoms with E-state index in [1.807, 2.05) is 6.92 Å². The van der Waals surface area contributed by atoms with Crippen LogP contribution in [0.15, 0.2) is 12.1 Å². The molecular weight excluding hydrogens is 288 g/mol. The summed E-state index contributed by atoms with van der Waals surface area (Å²) in [5.74, 6) is -5.70. The predicted octanol–water partition coefficient (Wildman–Crippen LogP) is 3.31. The molecule has 21 heavy (non-hydrogen) atoms. The van der Waals surface area contributed by atoms with Crippen LogP contribution >= 0.6 is 0 Å². The van der Waals surface area contributed by atoms with E-state index in [4.69, 9.17) is 5.73 Å². The van der Waals surface area contributed by atoms with Crippen molar-refractivity contribution in [3.8, 4) is 0 Å². The van der Waals surface area contributed by atoms with Crippen molar-refractivity contribution in [3.05, 3.63) is 41.2 Å². The molecule has 0 aliphatic carbocycles. The van der Waals surface area contributed by atoms with E-state index in [1.165, 1.54) is 6.07 Å². The largest absolute Gasteiger partial charge is 0.384 e. The fourth-order valence-corrected chi connectivity index (χ4v) is 1.73. The quantitative estimate of drug-likeness (QED) is 0.671. The maximum Gasteiger partial charge on any atom is 0.185 e. The third-order valence-electron chi connectivity index (χ3n) is 2.63. The molecule has 112 valence electrons. The van der Waals surface area contributed by atoms with Crippen molar-refractivity contribution in [3.63, 3.8) is 0 Å². The molecule has 1 heterocycles. The molecule has 0 atom stereocenters. The maximum atomic E-state index is 13.6. The fourth-order valence-electron chi connectivity index (χ4n) is 1.73. The molecule has 0 aliphatic heterocycles. The molecule has 0 saturated carbocycles. The lowest BCUT2D eigenvalue weighted by molar-refractivity contribution is 0.459. The number of nitrogen functional groups attached to an aromatic ring is 1. The van der Waals surface area contributed by atoms with E-state index in [0.29, 0.717) is 12.2 Å². The lowest BCUT2D eigenvalue weighted by Gasteiger charge is -2.10. The second kappa shape index (κ2) is 5.94. The van der Waals surface area contributed by atoms with Gasteiger partial charge in [-0.15, -0.1) is 0 Å². The Morgan fingerprint density at radius 3 is 2.24 bits per heavy atom. The van der Waals surface area contributed by atoms with E-state index in [9.17, 15) is 17.6 Å². The summed E-state index contributed by atoms with van der Waals surface area (Å²) in [6, 6.07) is 1.34. The van der Waals surface area contributed by atoms with Crippen LogP contribution in [-0.4, -0.2) is 9.97 Å². The molecule has 0 radical (unpaired) electrons. The minimum absolute atomic E-state index is 0.0475. The molecule has 0 aliphatic rings. The van der Waals surface area contributed by atoms with Crippen LogP contribution in [0.3, 0.4) is 0 Å². The summed E-state index contributed by atoms with van der Waals surface area (Å²) < 4.78 is 53.4. The summed E-state index contributed by atoms with van der Waals surface area (Å²) in [7, 11) is 0. The van der Waals surface area contributed by atoms with Gasteiger partial charge in [-0.2, -0.15) is 0 Å². The van der Waals surface area contributed by atoms with Crippen molar-refractivity contribution in [2.75, 3.05) is 11.1 Å². The van der Waals surface area contributed by atoms with Gasteiger partial charge in [0.1, 0.15) is 23.1 Å². The van der Waals surface area contributed by atoms with Gasteiger partial charge in [-0.1, -0.05) is 6.92 Å². The number of hydrogen-bond acceptors (Lipinski definition) is 4. The van der Waals surface area contributed by atoms with Crippen LogP contribution in [0.25, 0.3) is 0 Å². The minimum Gasteiger partial charge on any atom is -0.384 e. The standard InChI is InChI=1S/C13H12F4N4/c1-2-3-9-19-8(18)5-10(20-9)21-13-11(16)6(14)4-7(15)12(13)17/h4-5H,2-3H2,1H3,(H3,18,19,20,21). The molecule has 3 N–H and O–H groups in total. The third kappa shape index (κ3) is 3.21. The maximum absolute atomic E-state index is 13.6. The zero-order valence-corrected chi connectivity index (χ0v) is 11.1. The van der Waals surface area contributed by atoms with Gasteiger partial charge in [0.25, 0.3) is 0 Å². The van der Waals surface area contributed by atoms with Gasteiger partial charge in [0.05, 0.1) is 0 Å². The molecule has 8 heteroatoms. The van der Waals surface area contributed by atoms with E-state index in [2.05, 4.69) is 15.3 Å². The van der Waals surface area contributed by atoms with Gasteiger partial charge in [0.2, 0.25) is 0 Å². The van der Waals surface area contributed by atoms with Crippen LogP contribution in [0.4, 0.5) is 34.9 Å². The summed E-state index contributed by atoms with van der Waals surface area (Å²) in [5.41, 5.74) is 4.59. The molecule has 1 aromatic heterocycles. The second-order valence-corrected chi connectivity index (χ2v) is 4.31. The molecule has 0 unspecified atom stereocenters. The Morgan fingerprint density at radius 1 is 1.05 bits per heavy atom. The number of rotatable bonds is 4. The van der Waals surface area contributed by atoms with Gasteiger partial charge in [0.15, 0.2) is 23.3 Å². The van der Waals surface area contributed by atoms with Crippen molar-refractivity contribution in [2.45, 2.75) is 19.8 Å². The van der Waals surface area contributed by atoms with Gasteiger partial charge in [0, 0.05) is 18.6 Å². The summed E-state index contributed by atoms with van der Waals surface area (Å²) in [5, 5.41) is 2.20. The average Bonchev–Trinajstić information content (AvgIpc) is 2.41. The van der Waals surface area contributed by atoms with E-state index >= 15 is 0 Å². The summed E-state index contributed by atoms with van der Waals surface area (Å²) in [4.78, 5) is 7.92. The first-order chi connectivity index (χ1) is 9.92. The van der Waals surface area contributed by atoms with Crippen molar-refractivity contribution >= 4 is 17.3 Å². The molecule has 1 aromatic carbocycles. The fraction of sp³-hybridized carbons (Fsp3) is 0.231. The molecule has 0 bridgehead atoms. The number of hydrogen-bond donors (Lipinski definition) is 2. The summed E-state index contributed by atoms with van der Waals surface area (Å²) in [6.45, 7) is 1.89. The molecule has 0 fully saturated rings. The topological polar surface area (TPSA) is 63.8 Å². The first kappa shape index (κ1) is 15.0. The van der Waals surface area contributed by atoms with Crippen molar-refractivity contribution in [1.29, 1.82) is 0 Å². The lowest BCUT2D eigenvalue weighted by atomic mass is 10.2. The highest BCUT2D eigenvalue weighted by Crippen LogP contribution is 2.27. The Balaban J connectivity index is 2.43. The Morgan fingerprint density at radius 2 is 1.67 bits per heavy atom. The van der Waals surface area contributed by atoms with E-state index < -0.39 is 29.0 Å². The molecular formula is C13H12F4N4. The number of halogens is 4. The van der Waals surface area contributed by atoms with Crippen LogP contribution in [0.2, 0.25) is 0 Å². The third-order valence-corrected chi connectivity index (χ3v) is 2.63. The van der Waals surface area contributed by atoms with Gasteiger partial charge < -0.3 is 11.1 Å². The first-order valence-electron chi connectivity index (χ1n) is 6.15. The number of benzene rings is 1. The van der Waals surface area contributed by atoms with Gasteiger partial charge in [-0.3, -0.25) is 0 Å². The number of aromatic nitrogens is 2. The monoisotopic (exact) mass is 300 g/mol. The Kier molecular flexibility index (Phi) is 4.25. The van der Waals surface area contributed by atoms with Crippen LogP contribution in [-0.2, 0) is 6.42 Å². The normalized spacial score (nSPS) is 10.7. The number of nitrogens with zero attached hydrogens (tertiary/aromatic N) is 2. The van der Waals surface area contributed by atoms with Crippen LogP contribution in [0.1, 0.15) is 19.2 Å². The van der Waals surface area contributed by atoms with Crippen molar-refractivity contribution < 1.29 is 17.6 Å². The van der Waals surface area contributed by atoms with Crippen LogP contribution in [0, 0.1) is 23.3 Å². The number of nitrogens with one attached hydrogen (secondary N) is 1. The Labute approximate surface area is 118 Å². The van der Waals surface area contributed by atoms with E-state index in [0.717, 1.165) is 6.42 Å². The SMILES string of the molecule is CCCc1nc(N)cc(Nc2c(F)c(F)cc(F)c2F)n1. The molecule has 4 nitrogen and oxygen atoms in total. The van der Waals surface area contributed by atoms with Crippen LogP contribution in [0.5, 0.6) is 0 Å². The predicted molar refractivity (Wildman–Crippen MR) is 70.0 cm³/mol. The Hall–Kier alpha value is -2.38. The zero-order valence-electron chi connectivity index (χ0n) is 11.1. The first-order valence-corrected chi connectivity index (χ1v) is 6.15. The number of aryl methyl sites for hydroxylation is 1. The van der Waals surface area contributed by atoms with E-state index in [1.54, 1.807) is 0 Å². The zero-order chi connectivity index (χ0) is 15.6. The number of anilines is 3. The highest BCUT2D eigenvalue weighted by molar-refractivity contribution is 5.60. The molecule has 2 rings (SSSR count). The van der Waals surface area contributed by atoms with Crippen molar-refractivity contribution in [2.24, 2.45) is 0 Å². The Bertz CT molecular complexity index is 649.